The van der Waals surface area contributed by atoms with Crippen LogP contribution in [0.1, 0.15) is 17.5 Å². The molecular formula is C19H23ClN2O4S2. The molecule has 0 spiro atoms. The van der Waals surface area contributed by atoms with Gasteiger partial charge in [0.25, 0.3) is 10.0 Å². The summed E-state index contributed by atoms with van der Waals surface area (Å²) in [7, 11) is -3.55. The van der Waals surface area contributed by atoms with E-state index in [9.17, 15) is 13.2 Å². The Morgan fingerprint density at radius 2 is 1.86 bits per heavy atom. The van der Waals surface area contributed by atoms with E-state index in [4.69, 9.17) is 16.3 Å². The third-order valence-electron chi connectivity index (χ3n) is 4.65. The third kappa shape index (κ3) is 4.86. The summed E-state index contributed by atoms with van der Waals surface area (Å²) < 4.78 is 33.1. The molecule has 9 heteroatoms. The molecule has 0 aliphatic carbocycles. The maximum absolute atomic E-state index is 12.6. The van der Waals surface area contributed by atoms with Crippen molar-refractivity contribution in [1.82, 2.24) is 9.21 Å². The number of halogens is 1. The number of amides is 1. The molecular weight excluding hydrogens is 420 g/mol. The van der Waals surface area contributed by atoms with Crippen LogP contribution in [-0.2, 0) is 14.8 Å². The smallest absolute Gasteiger partial charge is 0.252 e. The fraction of sp³-hybridized carbons (Fsp3) is 0.421. The van der Waals surface area contributed by atoms with Crippen molar-refractivity contribution in [2.45, 2.75) is 24.5 Å². The molecule has 0 unspecified atom stereocenters. The molecule has 1 aliphatic rings. The second-order valence-electron chi connectivity index (χ2n) is 6.71. The molecule has 0 bridgehead atoms. The highest BCUT2D eigenvalue weighted by Gasteiger charge is 2.31. The van der Waals surface area contributed by atoms with Gasteiger partial charge in [-0.2, -0.15) is 4.31 Å². The number of piperazine rings is 1. The van der Waals surface area contributed by atoms with Crippen LogP contribution >= 0.6 is 22.9 Å². The molecule has 0 N–H and O–H groups in total. The van der Waals surface area contributed by atoms with Gasteiger partial charge in [0.05, 0.1) is 17.4 Å². The summed E-state index contributed by atoms with van der Waals surface area (Å²) in [6.45, 7) is 5.58. The summed E-state index contributed by atoms with van der Waals surface area (Å²) in [5.41, 5.74) is 2.14. The lowest BCUT2D eigenvalue weighted by molar-refractivity contribution is -0.132. The number of carbonyl (C=O) groups is 1. The number of carbonyl (C=O) groups excluding carboxylic acids is 1. The minimum Gasteiger partial charge on any atom is -0.493 e. The molecule has 6 nitrogen and oxygen atoms in total. The number of hydrogen-bond acceptors (Lipinski definition) is 5. The highest BCUT2D eigenvalue weighted by Crippen LogP contribution is 2.28. The molecule has 0 atom stereocenters. The van der Waals surface area contributed by atoms with Gasteiger partial charge in [0.2, 0.25) is 5.91 Å². The highest BCUT2D eigenvalue weighted by atomic mass is 35.5. The zero-order valence-corrected chi connectivity index (χ0v) is 18.2. The van der Waals surface area contributed by atoms with Gasteiger partial charge in [-0.25, -0.2) is 8.42 Å². The van der Waals surface area contributed by atoms with Crippen LogP contribution in [0.15, 0.2) is 34.5 Å². The molecule has 28 heavy (non-hydrogen) atoms. The molecule has 0 saturated carbocycles. The molecule has 1 saturated heterocycles. The van der Waals surface area contributed by atoms with Crippen molar-refractivity contribution >= 4 is 38.9 Å². The fourth-order valence-corrected chi connectivity index (χ4v) is 6.07. The topological polar surface area (TPSA) is 66.9 Å². The average Bonchev–Trinajstić information content (AvgIpc) is 3.12. The van der Waals surface area contributed by atoms with Crippen molar-refractivity contribution in [2.24, 2.45) is 0 Å². The third-order valence-corrected chi connectivity index (χ3v) is 8.25. The molecule has 2 aromatic rings. The van der Waals surface area contributed by atoms with Gasteiger partial charge in [0.15, 0.2) is 0 Å². The molecule has 2 heterocycles. The maximum atomic E-state index is 12.6. The molecule has 1 fully saturated rings. The zero-order valence-electron chi connectivity index (χ0n) is 15.9. The first-order valence-electron chi connectivity index (χ1n) is 9.00. The number of thiophene rings is 1. The lowest BCUT2D eigenvalue weighted by atomic mass is 10.1. The summed E-state index contributed by atoms with van der Waals surface area (Å²) in [6.07, 6.45) is 0.265. The van der Waals surface area contributed by atoms with Crippen molar-refractivity contribution in [3.8, 4) is 5.75 Å². The van der Waals surface area contributed by atoms with Gasteiger partial charge in [-0.1, -0.05) is 23.7 Å². The van der Waals surface area contributed by atoms with E-state index in [2.05, 4.69) is 0 Å². The first-order valence-corrected chi connectivity index (χ1v) is 11.6. The zero-order chi connectivity index (χ0) is 20.3. The maximum Gasteiger partial charge on any atom is 0.252 e. The van der Waals surface area contributed by atoms with E-state index < -0.39 is 10.0 Å². The summed E-state index contributed by atoms with van der Waals surface area (Å²) in [5.74, 6) is 0.764. The number of rotatable bonds is 6. The van der Waals surface area contributed by atoms with Crippen molar-refractivity contribution in [1.29, 1.82) is 0 Å². The van der Waals surface area contributed by atoms with E-state index >= 15 is 0 Å². The van der Waals surface area contributed by atoms with Crippen molar-refractivity contribution < 1.29 is 17.9 Å². The lowest BCUT2D eigenvalue weighted by Gasteiger charge is -2.33. The number of aryl methyl sites for hydroxylation is 2. The normalized spacial score (nSPS) is 15.6. The van der Waals surface area contributed by atoms with Gasteiger partial charge >= 0.3 is 0 Å². The van der Waals surface area contributed by atoms with E-state index in [-0.39, 0.29) is 29.6 Å². The van der Waals surface area contributed by atoms with Crippen LogP contribution in [0, 0.1) is 13.8 Å². The highest BCUT2D eigenvalue weighted by molar-refractivity contribution is 7.91. The van der Waals surface area contributed by atoms with Crippen LogP contribution in [0.25, 0.3) is 0 Å². The Morgan fingerprint density at radius 1 is 1.14 bits per heavy atom. The van der Waals surface area contributed by atoms with Crippen molar-refractivity contribution in [3.63, 3.8) is 0 Å². The van der Waals surface area contributed by atoms with Crippen LogP contribution in [0.4, 0.5) is 0 Å². The Morgan fingerprint density at radius 3 is 2.50 bits per heavy atom. The Hall–Kier alpha value is -1.61. The average molecular weight is 443 g/mol. The minimum atomic E-state index is -3.55. The standard InChI is InChI=1S/C19H23ClN2O4S2/c1-14-3-4-15(2)16(13-14)26-12-7-18(23)21-8-10-22(11-9-21)28(24,25)19-6-5-17(20)27-19/h3-6,13H,7-12H2,1-2H3. The number of sulfonamides is 1. The van der Waals surface area contributed by atoms with Crippen LogP contribution in [0.2, 0.25) is 4.34 Å². The van der Waals surface area contributed by atoms with Gasteiger partial charge < -0.3 is 9.64 Å². The first kappa shape index (κ1) is 21.1. The van der Waals surface area contributed by atoms with Gasteiger partial charge in [-0.05, 0) is 43.2 Å². The molecule has 3 rings (SSSR count). The molecule has 1 aromatic carbocycles. The molecule has 0 radical (unpaired) electrons. The molecule has 1 aromatic heterocycles. The van der Waals surface area contributed by atoms with Gasteiger partial charge in [0.1, 0.15) is 9.96 Å². The fourth-order valence-electron chi connectivity index (χ4n) is 3.01. The van der Waals surface area contributed by atoms with E-state index in [0.717, 1.165) is 28.2 Å². The number of ether oxygens (including phenoxy) is 1. The molecule has 1 aliphatic heterocycles. The number of hydrogen-bond donors (Lipinski definition) is 0. The van der Waals surface area contributed by atoms with Crippen LogP contribution < -0.4 is 4.74 Å². The van der Waals surface area contributed by atoms with Crippen LogP contribution in [0.5, 0.6) is 5.75 Å². The summed E-state index contributed by atoms with van der Waals surface area (Å²) in [4.78, 5) is 14.1. The summed E-state index contributed by atoms with van der Waals surface area (Å²) in [5, 5.41) is 0. The Labute approximate surface area is 174 Å². The largest absolute Gasteiger partial charge is 0.493 e. The first-order chi connectivity index (χ1) is 13.3. The van der Waals surface area contributed by atoms with Crippen molar-refractivity contribution in [2.75, 3.05) is 32.8 Å². The number of nitrogens with zero attached hydrogens (tertiary/aromatic N) is 2. The quantitative estimate of drug-likeness (QED) is 0.688. The predicted octanol–water partition coefficient (Wildman–Crippen LogP) is 3.32. The Kier molecular flexibility index (Phi) is 6.65. The molecule has 1 amide bonds. The van der Waals surface area contributed by atoms with Crippen LogP contribution in [0.3, 0.4) is 0 Å². The van der Waals surface area contributed by atoms with Crippen LogP contribution in [-0.4, -0.2) is 56.3 Å². The summed E-state index contributed by atoms with van der Waals surface area (Å²) >= 11 is 6.90. The van der Waals surface area contributed by atoms with Crippen molar-refractivity contribution in [3.05, 3.63) is 45.8 Å². The number of benzene rings is 1. The second-order valence-corrected chi connectivity index (χ2v) is 10.6. The van der Waals surface area contributed by atoms with Gasteiger partial charge in [-0.3, -0.25) is 4.79 Å². The van der Waals surface area contributed by atoms with E-state index in [1.807, 2.05) is 32.0 Å². The van der Waals surface area contributed by atoms with E-state index in [0.29, 0.717) is 24.0 Å². The predicted molar refractivity (Wildman–Crippen MR) is 111 cm³/mol. The van der Waals surface area contributed by atoms with Gasteiger partial charge in [-0.15, -0.1) is 11.3 Å². The Bertz CT molecular complexity index is 951. The second kappa shape index (κ2) is 8.82. The monoisotopic (exact) mass is 442 g/mol. The Balaban J connectivity index is 1.49. The van der Waals surface area contributed by atoms with E-state index in [1.54, 1.807) is 11.0 Å². The lowest BCUT2D eigenvalue weighted by Crippen LogP contribution is -2.50. The van der Waals surface area contributed by atoms with E-state index in [1.165, 1.54) is 10.4 Å². The minimum absolute atomic E-state index is 0.0264. The summed E-state index contributed by atoms with van der Waals surface area (Å²) in [6, 6.07) is 9.07. The van der Waals surface area contributed by atoms with Gasteiger partial charge in [0, 0.05) is 26.2 Å². The molecule has 152 valence electrons. The SMILES string of the molecule is Cc1ccc(C)c(OCCC(=O)N2CCN(S(=O)(=O)c3ccc(Cl)s3)CC2)c1.